The molecule has 1 aromatic heterocycles. The first-order valence-corrected chi connectivity index (χ1v) is 6.88. The van der Waals surface area contributed by atoms with Crippen molar-refractivity contribution in [2.45, 2.75) is 13.8 Å². The molecule has 0 radical (unpaired) electrons. The maximum Gasteiger partial charge on any atom is 0.272 e. The number of hydrogen-bond donors (Lipinski definition) is 2. The molecular formula is C14H18N4O2. The minimum absolute atomic E-state index is 0.0392. The Morgan fingerprint density at radius 2 is 2.00 bits per heavy atom. The van der Waals surface area contributed by atoms with Crippen molar-refractivity contribution in [1.82, 2.24) is 9.88 Å². The van der Waals surface area contributed by atoms with Crippen LogP contribution in [0.15, 0.2) is 12.1 Å². The van der Waals surface area contributed by atoms with Crippen LogP contribution in [-0.2, 0) is 4.79 Å². The van der Waals surface area contributed by atoms with E-state index in [4.69, 9.17) is 0 Å². The first-order chi connectivity index (χ1) is 9.54. The average molecular weight is 274 g/mol. The third-order valence-corrected chi connectivity index (χ3v) is 4.08. The number of pyridine rings is 1. The van der Waals surface area contributed by atoms with Gasteiger partial charge in [0.25, 0.3) is 5.91 Å². The summed E-state index contributed by atoms with van der Waals surface area (Å²) < 4.78 is 0. The van der Waals surface area contributed by atoms with Gasteiger partial charge in [0.2, 0.25) is 5.91 Å². The van der Waals surface area contributed by atoms with Crippen LogP contribution in [0.5, 0.6) is 0 Å². The lowest BCUT2D eigenvalue weighted by atomic mass is 10.0. The van der Waals surface area contributed by atoms with E-state index in [1.54, 1.807) is 12.1 Å². The number of aromatic nitrogens is 1. The Bertz CT molecular complexity index is 562. The SMILES string of the molecule is CC1CN(C(=O)c2ccc3c(n2)NCC(=O)N3)CC1C. The van der Waals surface area contributed by atoms with Crippen LogP contribution in [0.25, 0.3) is 0 Å². The van der Waals surface area contributed by atoms with Gasteiger partial charge in [0.1, 0.15) is 5.69 Å². The largest absolute Gasteiger partial charge is 0.359 e. The molecule has 1 fully saturated rings. The Hall–Kier alpha value is -2.11. The first-order valence-electron chi connectivity index (χ1n) is 6.88. The van der Waals surface area contributed by atoms with Gasteiger partial charge in [-0.2, -0.15) is 0 Å². The highest BCUT2D eigenvalue weighted by Crippen LogP contribution is 2.26. The molecular weight excluding hydrogens is 256 g/mol. The molecule has 20 heavy (non-hydrogen) atoms. The van der Waals surface area contributed by atoms with E-state index in [-0.39, 0.29) is 18.4 Å². The summed E-state index contributed by atoms with van der Waals surface area (Å²) >= 11 is 0. The van der Waals surface area contributed by atoms with Crippen LogP contribution in [0.3, 0.4) is 0 Å². The molecule has 1 aromatic rings. The summed E-state index contributed by atoms with van der Waals surface area (Å²) in [5.74, 6) is 1.47. The third-order valence-electron chi connectivity index (χ3n) is 4.08. The predicted octanol–water partition coefficient (Wildman–Crippen LogP) is 1.17. The van der Waals surface area contributed by atoms with Crippen molar-refractivity contribution in [3.8, 4) is 0 Å². The summed E-state index contributed by atoms with van der Waals surface area (Å²) in [7, 11) is 0. The Morgan fingerprint density at radius 1 is 1.30 bits per heavy atom. The van der Waals surface area contributed by atoms with Gasteiger partial charge in [-0.25, -0.2) is 4.98 Å². The molecule has 0 saturated carbocycles. The van der Waals surface area contributed by atoms with E-state index in [1.165, 1.54) is 0 Å². The molecule has 2 unspecified atom stereocenters. The summed E-state index contributed by atoms with van der Waals surface area (Å²) in [6.45, 7) is 6.08. The van der Waals surface area contributed by atoms with E-state index >= 15 is 0 Å². The van der Waals surface area contributed by atoms with Crippen LogP contribution in [-0.4, -0.2) is 41.3 Å². The zero-order chi connectivity index (χ0) is 14.3. The number of hydrogen-bond acceptors (Lipinski definition) is 4. The number of anilines is 2. The Kier molecular flexibility index (Phi) is 3.08. The molecule has 2 aliphatic heterocycles. The van der Waals surface area contributed by atoms with E-state index in [1.807, 2.05) is 4.90 Å². The second kappa shape index (κ2) is 4.77. The van der Waals surface area contributed by atoms with Crippen molar-refractivity contribution in [3.63, 3.8) is 0 Å². The molecule has 3 heterocycles. The Balaban J connectivity index is 1.81. The Labute approximate surface area is 117 Å². The topological polar surface area (TPSA) is 74.3 Å². The van der Waals surface area contributed by atoms with Crippen LogP contribution in [0.2, 0.25) is 0 Å². The zero-order valence-electron chi connectivity index (χ0n) is 11.6. The summed E-state index contributed by atoms with van der Waals surface area (Å²) in [6.07, 6.45) is 0. The van der Waals surface area contributed by atoms with Crippen LogP contribution < -0.4 is 10.6 Å². The van der Waals surface area contributed by atoms with Crippen molar-refractivity contribution in [2.75, 3.05) is 30.3 Å². The number of nitrogens with zero attached hydrogens (tertiary/aromatic N) is 2. The van der Waals surface area contributed by atoms with Crippen molar-refractivity contribution in [2.24, 2.45) is 11.8 Å². The standard InChI is InChI=1S/C14H18N4O2/c1-8-6-18(7-9(8)2)14(20)11-4-3-10-13(17-11)15-5-12(19)16-10/h3-4,8-9H,5-7H2,1-2H3,(H,15,17)(H,16,19). The van der Waals surface area contributed by atoms with Crippen LogP contribution in [0.4, 0.5) is 11.5 Å². The molecule has 0 bridgehead atoms. The van der Waals surface area contributed by atoms with Crippen molar-refractivity contribution < 1.29 is 9.59 Å². The lowest BCUT2D eigenvalue weighted by molar-refractivity contribution is -0.114. The number of carbonyl (C=O) groups excluding carboxylic acids is 2. The van der Waals surface area contributed by atoms with Crippen LogP contribution >= 0.6 is 0 Å². The molecule has 106 valence electrons. The highest BCUT2D eigenvalue weighted by Gasteiger charge is 2.31. The molecule has 3 rings (SSSR count). The molecule has 2 amide bonds. The molecule has 1 saturated heterocycles. The number of fused-ring (bicyclic) bond motifs is 1. The minimum Gasteiger partial charge on any atom is -0.359 e. The Morgan fingerprint density at radius 3 is 2.70 bits per heavy atom. The summed E-state index contributed by atoms with van der Waals surface area (Å²) in [6, 6.07) is 3.39. The van der Waals surface area contributed by atoms with Gasteiger partial charge in [0.15, 0.2) is 5.82 Å². The zero-order valence-corrected chi connectivity index (χ0v) is 11.6. The normalized spacial score (nSPS) is 24.9. The monoisotopic (exact) mass is 274 g/mol. The first kappa shape index (κ1) is 12.9. The molecule has 0 aliphatic carbocycles. The van der Waals surface area contributed by atoms with Gasteiger partial charge in [0, 0.05) is 13.1 Å². The fourth-order valence-electron chi connectivity index (χ4n) is 2.63. The summed E-state index contributed by atoms with van der Waals surface area (Å²) in [5.41, 5.74) is 1.05. The van der Waals surface area contributed by atoms with Crippen molar-refractivity contribution in [1.29, 1.82) is 0 Å². The van der Waals surface area contributed by atoms with Crippen molar-refractivity contribution >= 4 is 23.3 Å². The predicted molar refractivity (Wildman–Crippen MR) is 75.6 cm³/mol. The highest BCUT2D eigenvalue weighted by molar-refractivity contribution is 6.01. The quantitative estimate of drug-likeness (QED) is 0.806. The van der Waals surface area contributed by atoms with E-state index in [0.717, 1.165) is 13.1 Å². The van der Waals surface area contributed by atoms with E-state index in [9.17, 15) is 9.59 Å². The maximum atomic E-state index is 12.4. The van der Waals surface area contributed by atoms with E-state index in [0.29, 0.717) is 29.0 Å². The molecule has 0 spiro atoms. The molecule has 6 heteroatoms. The molecule has 0 aromatic carbocycles. The van der Waals surface area contributed by atoms with Crippen molar-refractivity contribution in [3.05, 3.63) is 17.8 Å². The lowest BCUT2D eigenvalue weighted by Gasteiger charge is -2.20. The number of rotatable bonds is 1. The number of nitrogens with one attached hydrogen (secondary N) is 2. The van der Waals surface area contributed by atoms with Gasteiger partial charge >= 0.3 is 0 Å². The van der Waals surface area contributed by atoms with Gasteiger partial charge in [0.05, 0.1) is 12.2 Å². The summed E-state index contributed by atoms with van der Waals surface area (Å²) in [5, 5.41) is 5.64. The van der Waals surface area contributed by atoms with Crippen LogP contribution in [0, 0.1) is 11.8 Å². The molecule has 2 N–H and O–H groups in total. The second-order valence-electron chi connectivity index (χ2n) is 5.66. The van der Waals surface area contributed by atoms with Gasteiger partial charge in [-0.15, -0.1) is 0 Å². The summed E-state index contributed by atoms with van der Waals surface area (Å²) in [4.78, 5) is 29.9. The lowest BCUT2D eigenvalue weighted by Crippen LogP contribution is -2.31. The average Bonchev–Trinajstić information content (AvgIpc) is 2.77. The molecule has 2 atom stereocenters. The van der Waals surface area contributed by atoms with Gasteiger partial charge in [-0.1, -0.05) is 13.8 Å². The van der Waals surface area contributed by atoms with E-state index < -0.39 is 0 Å². The fraction of sp³-hybridized carbons (Fsp3) is 0.500. The fourth-order valence-corrected chi connectivity index (χ4v) is 2.63. The van der Waals surface area contributed by atoms with Gasteiger partial charge < -0.3 is 15.5 Å². The highest BCUT2D eigenvalue weighted by atomic mass is 16.2. The smallest absolute Gasteiger partial charge is 0.272 e. The third kappa shape index (κ3) is 2.21. The number of carbonyl (C=O) groups is 2. The number of likely N-dealkylation sites (tertiary alicyclic amines) is 1. The second-order valence-corrected chi connectivity index (χ2v) is 5.66. The molecule has 2 aliphatic rings. The van der Waals surface area contributed by atoms with Gasteiger partial charge in [-0.05, 0) is 24.0 Å². The maximum absolute atomic E-state index is 12.4. The van der Waals surface area contributed by atoms with Gasteiger partial charge in [-0.3, -0.25) is 9.59 Å². The number of amides is 2. The van der Waals surface area contributed by atoms with E-state index in [2.05, 4.69) is 29.5 Å². The van der Waals surface area contributed by atoms with Crippen LogP contribution in [0.1, 0.15) is 24.3 Å². The molecule has 6 nitrogen and oxygen atoms in total. The minimum atomic E-state index is -0.0967.